The number of sulfone groups is 1. The highest BCUT2D eigenvalue weighted by Crippen LogP contribution is 2.30. The van der Waals surface area contributed by atoms with Crippen LogP contribution in [0.15, 0.2) is 53.9 Å². The van der Waals surface area contributed by atoms with Gasteiger partial charge in [-0.1, -0.05) is 30.8 Å². The fourth-order valence-electron chi connectivity index (χ4n) is 2.42. The molecule has 0 saturated heterocycles. The highest BCUT2D eigenvalue weighted by Gasteiger charge is 2.18. The zero-order chi connectivity index (χ0) is 17.0. The van der Waals surface area contributed by atoms with Gasteiger partial charge in [0.1, 0.15) is 0 Å². The van der Waals surface area contributed by atoms with E-state index >= 15 is 0 Å². The molecule has 0 spiro atoms. The van der Waals surface area contributed by atoms with Crippen LogP contribution in [0.25, 0.3) is 10.8 Å². The lowest BCUT2D eigenvalue weighted by Crippen LogP contribution is -2.27. The number of fused-ring (bicyclic) bond motifs is 1. The molecule has 2 aromatic rings. The number of rotatable bonds is 6. The number of carbonyl (C=O) groups is 1. The fourth-order valence-corrected chi connectivity index (χ4v) is 3.81. The van der Waals surface area contributed by atoms with Crippen molar-refractivity contribution < 1.29 is 13.2 Å². The quantitative estimate of drug-likeness (QED) is 0.822. The van der Waals surface area contributed by atoms with E-state index in [1.165, 1.54) is 0 Å². The molecule has 1 amide bonds. The van der Waals surface area contributed by atoms with Gasteiger partial charge in [-0.2, -0.15) is 0 Å². The SMILES string of the molecule is C=CC(=O)NCCS(=O)(=O)c1cccc2c(N(C)C)cccc12. The van der Waals surface area contributed by atoms with Crippen LogP contribution in [0.4, 0.5) is 5.69 Å². The van der Waals surface area contributed by atoms with Crippen LogP contribution in [-0.2, 0) is 14.6 Å². The maximum Gasteiger partial charge on any atom is 0.243 e. The van der Waals surface area contributed by atoms with Crippen molar-refractivity contribution in [2.45, 2.75) is 4.90 Å². The fraction of sp³-hybridized carbons (Fsp3) is 0.235. The molecule has 2 rings (SSSR count). The van der Waals surface area contributed by atoms with Gasteiger partial charge in [0.15, 0.2) is 9.84 Å². The molecule has 0 radical (unpaired) electrons. The highest BCUT2D eigenvalue weighted by molar-refractivity contribution is 7.91. The maximum atomic E-state index is 12.6. The summed E-state index contributed by atoms with van der Waals surface area (Å²) < 4.78 is 25.2. The Balaban J connectivity index is 2.41. The third-order valence-electron chi connectivity index (χ3n) is 3.53. The molecule has 1 N–H and O–H groups in total. The lowest BCUT2D eigenvalue weighted by molar-refractivity contribution is -0.116. The Hall–Kier alpha value is -2.34. The molecular formula is C17H20N2O3S. The molecule has 0 aliphatic rings. The van der Waals surface area contributed by atoms with Crippen LogP contribution >= 0.6 is 0 Å². The van der Waals surface area contributed by atoms with Gasteiger partial charge in [-0.15, -0.1) is 0 Å². The topological polar surface area (TPSA) is 66.5 Å². The monoisotopic (exact) mass is 332 g/mol. The van der Waals surface area contributed by atoms with Gasteiger partial charge in [0, 0.05) is 37.1 Å². The summed E-state index contributed by atoms with van der Waals surface area (Å²) in [5.41, 5.74) is 0.958. The molecule has 0 aliphatic heterocycles. The summed E-state index contributed by atoms with van der Waals surface area (Å²) in [4.78, 5) is 13.4. The van der Waals surface area contributed by atoms with Gasteiger partial charge >= 0.3 is 0 Å². The van der Waals surface area contributed by atoms with E-state index in [0.29, 0.717) is 5.39 Å². The van der Waals surface area contributed by atoms with Crippen molar-refractivity contribution in [1.29, 1.82) is 0 Å². The van der Waals surface area contributed by atoms with Gasteiger partial charge in [-0.3, -0.25) is 4.79 Å². The third kappa shape index (κ3) is 3.71. The minimum atomic E-state index is -3.50. The second-order valence-electron chi connectivity index (χ2n) is 5.34. The Kier molecular flexibility index (Phi) is 5.05. The normalized spacial score (nSPS) is 11.2. The van der Waals surface area contributed by atoms with E-state index in [1.54, 1.807) is 18.2 Å². The summed E-state index contributed by atoms with van der Waals surface area (Å²) in [6.07, 6.45) is 1.12. The van der Waals surface area contributed by atoms with Gasteiger partial charge in [0.2, 0.25) is 5.91 Å². The Labute approximate surface area is 136 Å². The van der Waals surface area contributed by atoms with E-state index in [-0.39, 0.29) is 23.1 Å². The molecule has 0 aliphatic carbocycles. The molecule has 0 heterocycles. The summed E-state index contributed by atoms with van der Waals surface area (Å²) >= 11 is 0. The second-order valence-corrected chi connectivity index (χ2v) is 7.41. The lowest BCUT2D eigenvalue weighted by Gasteiger charge is -2.17. The Bertz CT molecular complexity index is 842. The van der Waals surface area contributed by atoms with Crippen molar-refractivity contribution in [3.8, 4) is 0 Å². The van der Waals surface area contributed by atoms with Crippen molar-refractivity contribution in [2.75, 3.05) is 31.3 Å². The second kappa shape index (κ2) is 6.83. The Morgan fingerprint density at radius 3 is 2.48 bits per heavy atom. The van der Waals surface area contributed by atoms with Crippen molar-refractivity contribution in [2.24, 2.45) is 0 Å². The standard InChI is InChI=1S/C17H20N2O3S/c1-4-17(20)18-11-12-23(21,22)16-10-6-7-13-14(16)8-5-9-15(13)19(2)3/h4-10H,1,11-12H2,2-3H3,(H,18,20). The first-order valence-corrected chi connectivity index (χ1v) is 8.84. The van der Waals surface area contributed by atoms with Crippen molar-refractivity contribution in [1.82, 2.24) is 5.32 Å². The minimum Gasteiger partial charge on any atom is -0.377 e. The molecule has 0 atom stereocenters. The summed E-state index contributed by atoms with van der Waals surface area (Å²) in [5.74, 6) is -0.536. The average molecular weight is 332 g/mol. The predicted octanol–water partition coefficient (Wildman–Crippen LogP) is 1.98. The number of hydrogen-bond acceptors (Lipinski definition) is 4. The Morgan fingerprint density at radius 1 is 1.17 bits per heavy atom. The van der Waals surface area contributed by atoms with Crippen LogP contribution < -0.4 is 10.2 Å². The van der Waals surface area contributed by atoms with Crippen molar-refractivity contribution in [3.63, 3.8) is 0 Å². The molecule has 23 heavy (non-hydrogen) atoms. The molecule has 0 bridgehead atoms. The van der Waals surface area contributed by atoms with E-state index in [4.69, 9.17) is 0 Å². The molecule has 0 fully saturated rings. The minimum absolute atomic E-state index is 0.0525. The summed E-state index contributed by atoms with van der Waals surface area (Å²) in [5, 5.41) is 4.06. The number of nitrogens with one attached hydrogen (secondary N) is 1. The van der Waals surface area contributed by atoms with Gasteiger partial charge in [-0.05, 0) is 18.2 Å². The van der Waals surface area contributed by atoms with E-state index in [1.807, 2.05) is 37.2 Å². The molecule has 2 aromatic carbocycles. The van der Waals surface area contributed by atoms with E-state index in [9.17, 15) is 13.2 Å². The molecule has 122 valence electrons. The van der Waals surface area contributed by atoms with E-state index in [2.05, 4.69) is 11.9 Å². The summed E-state index contributed by atoms with van der Waals surface area (Å²) in [6, 6.07) is 10.8. The number of carbonyl (C=O) groups excluding carboxylic acids is 1. The van der Waals surface area contributed by atoms with Gasteiger partial charge in [-0.25, -0.2) is 8.42 Å². The van der Waals surface area contributed by atoms with Crippen molar-refractivity contribution in [3.05, 3.63) is 49.1 Å². The number of anilines is 1. The zero-order valence-electron chi connectivity index (χ0n) is 13.2. The van der Waals surface area contributed by atoms with Crippen LogP contribution in [0, 0.1) is 0 Å². The number of hydrogen-bond donors (Lipinski definition) is 1. The van der Waals surface area contributed by atoms with Gasteiger partial charge in [0.25, 0.3) is 0 Å². The maximum absolute atomic E-state index is 12.6. The number of benzene rings is 2. The van der Waals surface area contributed by atoms with E-state index < -0.39 is 9.84 Å². The first kappa shape index (κ1) is 17.0. The average Bonchev–Trinajstić information content (AvgIpc) is 2.53. The summed E-state index contributed by atoms with van der Waals surface area (Å²) in [7, 11) is 0.334. The number of nitrogens with zero attached hydrogens (tertiary/aromatic N) is 1. The molecule has 0 aromatic heterocycles. The highest BCUT2D eigenvalue weighted by atomic mass is 32.2. The van der Waals surface area contributed by atoms with Crippen LogP contribution in [0.5, 0.6) is 0 Å². The smallest absolute Gasteiger partial charge is 0.243 e. The van der Waals surface area contributed by atoms with Crippen LogP contribution in [-0.4, -0.2) is 40.7 Å². The molecule has 5 nitrogen and oxygen atoms in total. The molecular weight excluding hydrogens is 312 g/mol. The predicted molar refractivity (Wildman–Crippen MR) is 93.5 cm³/mol. The molecule has 0 unspecified atom stereocenters. The van der Waals surface area contributed by atoms with Gasteiger partial charge in [0.05, 0.1) is 10.6 Å². The molecule has 6 heteroatoms. The molecule has 0 saturated carbocycles. The van der Waals surface area contributed by atoms with Crippen LogP contribution in [0.1, 0.15) is 0 Å². The van der Waals surface area contributed by atoms with Crippen molar-refractivity contribution >= 4 is 32.2 Å². The third-order valence-corrected chi connectivity index (χ3v) is 5.30. The number of amides is 1. The zero-order valence-corrected chi connectivity index (χ0v) is 14.1. The van der Waals surface area contributed by atoms with Crippen LogP contribution in [0.3, 0.4) is 0 Å². The van der Waals surface area contributed by atoms with Crippen LogP contribution in [0.2, 0.25) is 0 Å². The van der Waals surface area contributed by atoms with Gasteiger partial charge < -0.3 is 10.2 Å². The largest absolute Gasteiger partial charge is 0.377 e. The Morgan fingerprint density at radius 2 is 1.83 bits per heavy atom. The first-order valence-electron chi connectivity index (χ1n) is 7.19. The summed E-state index contributed by atoms with van der Waals surface area (Å²) in [6.45, 7) is 3.39. The first-order chi connectivity index (χ1) is 10.9. The van der Waals surface area contributed by atoms with E-state index in [0.717, 1.165) is 17.1 Å². The lowest BCUT2D eigenvalue weighted by atomic mass is 10.1.